The van der Waals surface area contributed by atoms with Gasteiger partial charge in [0.05, 0.1) is 11.4 Å². The molecule has 126 valence electrons. The molecule has 3 nitrogen and oxygen atoms in total. The van der Waals surface area contributed by atoms with E-state index >= 15 is 0 Å². The molecular formula is C19H14BrClN2OS. The zero-order valence-corrected chi connectivity index (χ0v) is 16.5. The number of benzene rings is 2. The van der Waals surface area contributed by atoms with Crippen molar-refractivity contribution in [2.75, 3.05) is 5.75 Å². The molecule has 2 aromatic carbocycles. The van der Waals surface area contributed by atoms with Gasteiger partial charge in [0.2, 0.25) is 0 Å². The normalized spacial score (nSPS) is 10.7. The van der Waals surface area contributed by atoms with Gasteiger partial charge in [0, 0.05) is 26.3 Å². The number of aromatic nitrogens is 2. The monoisotopic (exact) mass is 432 g/mol. The van der Waals surface area contributed by atoms with E-state index in [1.807, 2.05) is 61.5 Å². The molecule has 0 saturated carbocycles. The summed E-state index contributed by atoms with van der Waals surface area (Å²) in [7, 11) is 0. The molecule has 1 heterocycles. The predicted octanol–water partition coefficient (Wildman–Crippen LogP) is 5.84. The zero-order valence-electron chi connectivity index (χ0n) is 13.4. The maximum absolute atomic E-state index is 12.3. The summed E-state index contributed by atoms with van der Waals surface area (Å²) >= 11 is 10.6. The first kappa shape index (κ1) is 18.1. The number of carbonyl (C=O) groups excluding carboxylic acids is 1. The smallest absolute Gasteiger partial charge is 0.188 e. The Balaban J connectivity index is 1.75. The Morgan fingerprint density at radius 1 is 1.08 bits per heavy atom. The molecular weight excluding hydrogens is 420 g/mol. The summed E-state index contributed by atoms with van der Waals surface area (Å²) < 4.78 is 0.950. The molecule has 0 aliphatic heterocycles. The van der Waals surface area contributed by atoms with Crippen molar-refractivity contribution in [1.29, 1.82) is 0 Å². The molecule has 0 spiro atoms. The van der Waals surface area contributed by atoms with Gasteiger partial charge in [0.1, 0.15) is 0 Å². The first-order valence-electron chi connectivity index (χ1n) is 7.54. The fourth-order valence-corrected chi connectivity index (χ4v) is 3.41. The Labute approximate surface area is 164 Å². The lowest BCUT2D eigenvalue weighted by molar-refractivity contribution is 0.102. The average Bonchev–Trinajstić information content (AvgIpc) is 2.60. The number of thioether (sulfide) groups is 1. The van der Waals surface area contributed by atoms with Crippen LogP contribution in [0.3, 0.4) is 0 Å². The van der Waals surface area contributed by atoms with Crippen LogP contribution < -0.4 is 0 Å². The van der Waals surface area contributed by atoms with Crippen LogP contribution in [0.25, 0.3) is 11.3 Å². The molecule has 0 aliphatic rings. The molecule has 0 atom stereocenters. The van der Waals surface area contributed by atoms with E-state index in [4.69, 9.17) is 11.6 Å². The quantitative estimate of drug-likeness (QED) is 0.288. The average molecular weight is 434 g/mol. The Morgan fingerprint density at radius 3 is 2.44 bits per heavy atom. The van der Waals surface area contributed by atoms with E-state index in [1.165, 1.54) is 11.8 Å². The number of rotatable bonds is 5. The number of carbonyl (C=O) groups is 1. The van der Waals surface area contributed by atoms with Gasteiger partial charge in [-0.1, -0.05) is 63.6 Å². The second-order valence-electron chi connectivity index (χ2n) is 5.40. The highest BCUT2D eigenvalue weighted by atomic mass is 79.9. The third-order valence-corrected chi connectivity index (χ3v) is 5.10. The lowest BCUT2D eigenvalue weighted by Gasteiger charge is -2.06. The maximum atomic E-state index is 12.3. The molecule has 3 aromatic rings. The Kier molecular flexibility index (Phi) is 5.89. The van der Waals surface area contributed by atoms with Gasteiger partial charge in [-0.05, 0) is 37.3 Å². The first-order valence-corrected chi connectivity index (χ1v) is 9.70. The molecule has 0 bridgehead atoms. The summed E-state index contributed by atoms with van der Waals surface area (Å²) in [6.45, 7) is 1.92. The van der Waals surface area contributed by atoms with E-state index in [9.17, 15) is 4.79 Å². The van der Waals surface area contributed by atoms with Crippen LogP contribution in [0.1, 0.15) is 16.1 Å². The fourth-order valence-electron chi connectivity index (χ4n) is 2.22. The Bertz CT molecular complexity index is 898. The van der Waals surface area contributed by atoms with Gasteiger partial charge in [-0.3, -0.25) is 4.79 Å². The van der Waals surface area contributed by atoms with Crippen molar-refractivity contribution in [3.8, 4) is 11.3 Å². The minimum Gasteiger partial charge on any atom is -0.293 e. The van der Waals surface area contributed by atoms with Gasteiger partial charge < -0.3 is 0 Å². The lowest BCUT2D eigenvalue weighted by atomic mass is 10.1. The van der Waals surface area contributed by atoms with Gasteiger partial charge in [0.15, 0.2) is 10.9 Å². The van der Waals surface area contributed by atoms with Crippen LogP contribution in [-0.2, 0) is 0 Å². The summed E-state index contributed by atoms with van der Waals surface area (Å²) in [4.78, 5) is 21.3. The van der Waals surface area contributed by atoms with Crippen LogP contribution in [0, 0.1) is 6.92 Å². The standard InChI is InChI=1S/C19H14BrClN2OS/c1-12-10-17(13-4-8-16(21)9-5-13)23-19(22-12)25-11-18(24)14-2-6-15(20)7-3-14/h2-10H,11H2,1H3. The molecule has 3 rings (SSSR count). The molecule has 0 amide bonds. The molecule has 1 aromatic heterocycles. The third kappa shape index (κ3) is 4.91. The van der Waals surface area contributed by atoms with E-state index < -0.39 is 0 Å². The highest BCUT2D eigenvalue weighted by molar-refractivity contribution is 9.10. The Morgan fingerprint density at radius 2 is 1.76 bits per heavy atom. The topological polar surface area (TPSA) is 42.9 Å². The van der Waals surface area contributed by atoms with Crippen molar-refractivity contribution in [2.45, 2.75) is 12.1 Å². The molecule has 0 radical (unpaired) electrons. The first-order chi connectivity index (χ1) is 12.0. The van der Waals surface area contributed by atoms with Crippen molar-refractivity contribution in [1.82, 2.24) is 9.97 Å². The van der Waals surface area contributed by atoms with Crippen LogP contribution in [0.4, 0.5) is 0 Å². The maximum Gasteiger partial charge on any atom is 0.188 e. The zero-order chi connectivity index (χ0) is 17.8. The van der Waals surface area contributed by atoms with Crippen molar-refractivity contribution >= 4 is 45.1 Å². The highest BCUT2D eigenvalue weighted by Crippen LogP contribution is 2.24. The molecule has 0 unspecified atom stereocenters. The van der Waals surface area contributed by atoms with Gasteiger partial charge in [-0.25, -0.2) is 9.97 Å². The summed E-state index contributed by atoms with van der Waals surface area (Å²) in [5.41, 5.74) is 3.33. The van der Waals surface area contributed by atoms with Gasteiger partial charge in [-0.2, -0.15) is 0 Å². The lowest BCUT2D eigenvalue weighted by Crippen LogP contribution is -2.03. The SMILES string of the molecule is Cc1cc(-c2ccc(Cl)cc2)nc(SCC(=O)c2ccc(Br)cc2)n1. The molecule has 25 heavy (non-hydrogen) atoms. The highest BCUT2D eigenvalue weighted by Gasteiger charge is 2.10. The summed E-state index contributed by atoms with van der Waals surface area (Å²) in [5.74, 6) is 0.348. The van der Waals surface area contributed by atoms with Crippen molar-refractivity contribution in [3.05, 3.63) is 75.4 Å². The number of ketones is 1. The minimum absolute atomic E-state index is 0.0515. The molecule has 0 aliphatic carbocycles. The second kappa shape index (κ2) is 8.13. The van der Waals surface area contributed by atoms with Gasteiger partial charge >= 0.3 is 0 Å². The summed E-state index contributed by atoms with van der Waals surface area (Å²) in [6, 6.07) is 16.8. The summed E-state index contributed by atoms with van der Waals surface area (Å²) in [5, 5.41) is 1.28. The largest absolute Gasteiger partial charge is 0.293 e. The molecule has 0 fully saturated rings. The molecule has 0 saturated heterocycles. The van der Waals surface area contributed by atoms with E-state index in [1.54, 1.807) is 0 Å². The molecule has 0 N–H and O–H groups in total. The van der Waals surface area contributed by atoms with Gasteiger partial charge in [-0.15, -0.1) is 0 Å². The Hall–Kier alpha value is -1.69. The number of hydrogen-bond donors (Lipinski definition) is 0. The van der Waals surface area contributed by atoms with Crippen molar-refractivity contribution in [2.24, 2.45) is 0 Å². The van der Waals surface area contributed by atoms with E-state index in [0.29, 0.717) is 21.5 Å². The van der Waals surface area contributed by atoms with Crippen LogP contribution >= 0.6 is 39.3 Å². The fraction of sp³-hybridized carbons (Fsp3) is 0.105. The number of halogens is 2. The molecule has 6 heteroatoms. The van der Waals surface area contributed by atoms with E-state index in [2.05, 4.69) is 25.9 Å². The number of nitrogens with zero attached hydrogens (tertiary/aromatic N) is 2. The minimum atomic E-state index is 0.0515. The van der Waals surface area contributed by atoms with Crippen molar-refractivity contribution < 1.29 is 4.79 Å². The second-order valence-corrected chi connectivity index (χ2v) is 7.70. The van der Waals surface area contributed by atoms with Crippen LogP contribution in [0.15, 0.2) is 64.2 Å². The number of aryl methyl sites for hydroxylation is 1. The van der Waals surface area contributed by atoms with E-state index in [-0.39, 0.29) is 5.78 Å². The van der Waals surface area contributed by atoms with Gasteiger partial charge in [0.25, 0.3) is 0 Å². The summed E-state index contributed by atoms with van der Waals surface area (Å²) in [6.07, 6.45) is 0. The predicted molar refractivity (Wildman–Crippen MR) is 106 cm³/mol. The number of Topliss-reactive ketones (excluding diaryl/α,β-unsaturated/α-hetero) is 1. The van der Waals surface area contributed by atoms with Crippen LogP contribution in [0.2, 0.25) is 5.02 Å². The van der Waals surface area contributed by atoms with Crippen LogP contribution in [0.5, 0.6) is 0 Å². The number of hydrogen-bond acceptors (Lipinski definition) is 4. The van der Waals surface area contributed by atoms with Crippen LogP contribution in [-0.4, -0.2) is 21.5 Å². The third-order valence-electron chi connectivity index (χ3n) is 3.47. The van der Waals surface area contributed by atoms with E-state index in [0.717, 1.165) is 21.4 Å². The van der Waals surface area contributed by atoms with Crippen molar-refractivity contribution in [3.63, 3.8) is 0 Å².